The van der Waals surface area contributed by atoms with Crippen molar-refractivity contribution < 1.29 is 23.9 Å². The van der Waals surface area contributed by atoms with Crippen molar-refractivity contribution in [3.63, 3.8) is 0 Å². The van der Waals surface area contributed by atoms with Crippen molar-refractivity contribution in [2.75, 3.05) is 17.3 Å². The first kappa shape index (κ1) is 23.7. The molecule has 3 aromatic rings. The van der Waals surface area contributed by atoms with E-state index in [4.69, 9.17) is 9.47 Å². The molecule has 0 unspecified atom stereocenters. The van der Waals surface area contributed by atoms with Crippen LogP contribution in [0, 0.1) is 0 Å². The Balaban J connectivity index is 1.89. The number of methoxy groups -OCH3 is 1. The van der Waals surface area contributed by atoms with Crippen LogP contribution in [0.4, 0.5) is 16.3 Å². The van der Waals surface area contributed by atoms with Gasteiger partial charge in [0.1, 0.15) is 11.4 Å². The van der Waals surface area contributed by atoms with Crippen LogP contribution in [0.3, 0.4) is 0 Å². The van der Waals surface area contributed by atoms with E-state index in [9.17, 15) is 14.4 Å². The summed E-state index contributed by atoms with van der Waals surface area (Å²) < 4.78 is 11.5. The first-order valence-corrected chi connectivity index (χ1v) is 10.3. The van der Waals surface area contributed by atoms with Crippen molar-refractivity contribution in [3.05, 3.63) is 47.8 Å². The number of aryl methyl sites for hydroxylation is 1. The number of nitrogens with one attached hydrogen (secondary N) is 1. The fourth-order valence-corrected chi connectivity index (χ4v) is 3.24. The van der Waals surface area contributed by atoms with E-state index >= 15 is 0 Å². The van der Waals surface area contributed by atoms with Crippen LogP contribution >= 0.6 is 0 Å². The predicted octanol–water partition coefficient (Wildman–Crippen LogP) is 3.66. The molecule has 0 spiro atoms. The van der Waals surface area contributed by atoms with E-state index in [1.807, 2.05) is 24.3 Å². The second-order valence-corrected chi connectivity index (χ2v) is 8.45. The minimum absolute atomic E-state index is 0.176. The monoisotopic (exact) mass is 453 g/mol. The highest BCUT2D eigenvalue weighted by Gasteiger charge is 2.25. The number of pyridine rings is 1. The fraction of sp³-hybridized carbons (Fsp3) is 0.348. The lowest BCUT2D eigenvalue weighted by atomic mass is 10.1. The third-order valence-electron chi connectivity index (χ3n) is 4.70. The first-order chi connectivity index (χ1) is 15.5. The molecule has 0 aliphatic heterocycles. The predicted molar refractivity (Wildman–Crippen MR) is 123 cm³/mol. The second kappa shape index (κ2) is 9.27. The molecule has 0 aliphatic carbocycles. The van der Waals surface area contributed by atoms with E-state index in [2.05, 4.69) is 15.4 Å². The molecule has 1 aromatic carbocycles. The lowest BCUT2D eigenvalue weighted by molar-refractivity contribution is -0.116. The lowest BCUT2D eigenvalue weighted by Gasteiger charge is -2.21. The summed E-state index contributed by atoms with van der Waals surface area (Å²) in [5, 5.41) is 7.59. The Labute approximate surface area is 191 Å². The van der Waals surface area contributed by atoms with Gasteiger partial charge in [0.05, 0.1) is 31.1 Å². The van der Waals surface area contributed by atoms with E-state index < -0.39 is 17.7 Å². The van der Waals surface area contributed by atoms with Gasteiger partial charge in [-0.1, -0.05) is 12.1 Å². The number of anilines is 2. The van der Waals surface area contributed by atoms with Crippen molar-refractivity contribution in [2.45, 2.75) is 39.8 Å². The molecule has 2 heterocycles. The number of carbonyl (C=O) groups excluding carboxylic acids is 3. The maximum Gasteiger partial charge on any atom is 0.413 e. The van der Waals surface area contributed by atoms with Gasteiger partial charge < -0.3 is 14.4 Å². The zero-order chi connectivity index (χ0) is 24.3. The molecule has 3 rings (SSSR count). The fourth-order valence-electron chi connectivity index (χ4n) is 3.24. The summed E-state index contributed by atoms with van der Waals surface area (Å²) in [6, 6.07) is 9.08. The minimum atomic E-state index is -0.625. The zero-order valence-electron chi connectivity index (χ0n) is 19.5. The van der Waals surface area contributed by atoms with Gasteiger partial charge in [-0.25, -0.2) is 14.6 Å². The molecule has 0 radical (unpaired) electrons. The van der Waals surface area contributed by atoms with Crippen molar-refractivity contribution in [2.24, 2.45) is 7.05 Å². The molecule has 0 aliphatic rings. The smallest absolute Gasteiger partial charge is 0.413 e. The molecule has 33 heavy (non-hydrogen) atoms. The summed E-state index contributed by atoms with van der Waals surface area (Å²) in [5.41, 5.74) is 1.31. The number of esters is 1. The Morgan fingerprint density at radius 3 is 2.48 bits per heavy atom. The number of carbonyl (C=O) groups is 3. The van der Waals surface area contributed by atoms with Crippen LogP contribution < -0.4 is 10.2 Å². The quantitative estimate of drug-likeness (QED) is 0.586. The maximum atomic E-state index is 12.4. The van der Waals surface area contributed by atoms with Crippen molar-refractivity contribution in [3.8, 4) is 0 Å². The van der Waals surface area contributed by atoms with E-state index in [0.717, 1.165) is 10.9 Å². The van der Waals surface area contributed by atoms with Gasteiger partial charge >= 0.3 is 12.1 Å². The number of aromatic nitrogens is 3. The van der Waals surface area contributed by atoms with Crippen LogP contribution in [0.15, 0.2) is 36.5 Å². The number of benzene rings is 1. The molecule has 174 valence electrons. The average molecular weight is 453 g/mol. The standard InChI is InChI=1S/C23H27N5O5/c1-14(29)28(18-12-24-27(5)20(18)21(30)32-6)13-15-7-8-16-9-10-19(25-17(16)11-15)26-22(31)33-23(2,3)4/h7-12H,13H2,1-6H3,(H,25,26,31). The number of rotatable bonds is 5. The maximum absolute atomic E-state index is 12.4. The highest BCUT2D eigenvalue weighted by molar-refractivity contribution is 6.00. The summed E-state index contributed by atoms with van der Waals surface area (Å²) in [4.78, 5) is 42.6. The molecule has 10 heteroatoms. The van der Waals surface area contributed by atoms with E-state index in [1.54, 1.807) is 33.9 Å². The van der Waals surface area contributed by atoms with Gasteiger partial charge in [-0.2, -0.15) is 5.10 Å². The van der Waals surface area contributed by atoms with Crippen LogP contribution in [0.2, 0.25) is 0 Å². The van der Waals surface area contributed by atoms with Gasteiger partial charge in [-0.05, 0) is 44.5 Å². The number of hydrogen-bond donors (Lipinski definition) is 1. The van der Waals surface area contributed by atoms with Crippen LogP contribution in [-0.2, 0) is 27.9 Å². The number of ether oxygens (including phenoxy) is 2. The lowest BCUT2D eigenvalue weighted by Crippen LogP contribution is -2.29. The number of amides is 2. The summed E-state index contributed by atoms with van der Waals surface area (Å²) in [5.74, 6) is -0.506. The number of fused-ring (bicyclic) bond motifs is 1. The molecule has 0 bridgehead atoms. The number of hydrogen-bond acceptors (Lipinski definition) is 7. The Hall–Kier alpha value is -3.95. The largest absolute Gasteiger partial charge is 0.464 e. The van der Waals surface area contributed by atoms with Gasteiger partial charge in [0.15, 0.2) is 5.69 Å². The Morgan fingerprint density at radius 2 is 1.85 bits per heavy atom. The van der Waals surface area contributed by atoms with Gasteiger partial charge in [0, 0.05) is 19.4 Å². The molecule has 0 fully saturated rings. The zero-order valence-corrected chi connectivity index (χ0v) is 19.5. The highest BCUT2D eigenvalue weighted by atomic mass is 16.6. The molecule has 2 aromatic heterocycles. The second-order valence-electron chi connectivity index (χ2n) is 8.45. The van der Waals surface area contributed by atoms with Crippen molar-refractivity contribution in [1.29, 1.82) is 0 Å². The van der Waals surface area contributed by atoms with Crippen LogP contribution in [-0.4, -0.2) is 45.4 Å². The highest BCUT2D eigenvalue weighted by Crippen LogP contribution is 2.25. The molecule has 10 nitrogen and oxygen atoms in total. The Bertz CT molecular complexity index is 1210. The first-order valence-electron chi connectivity index (χ1n) is 10.3. The molecule has 0 atom stereocenters. The Kier molecular flexibility index (Phi) is 6.66. The third kappa shape index (κ3) is 5.65. The van der Waals surface area contributed by atoms with Crippen LogP contribution in [0.25, 0.3) is 10.9 Å². The average Bonchev–Trinajstić information content (AvgIpc) is 3.10. The molecule has 0 saturated heterocycles. The normalized spacial score (nSPS) is 11.2. The van der Waals surface area contributed by atoms with Crippen molar-refractivity contribution in [1.82, 2.24) is 14.8 Å². The van der Waals surface area contributed by atoms with Gasteiger partial charge in [-0.3, -0.25) is 14.8 Å². The summed E-state index contributed by atoms with van der Waals surface area (Å²) in [7, 11) is 2.88. The van der Waals surface area contributed by atoms with Crippen LogP contribution in [0.5, 0.6) is 0 Å². The van der Waals surface area contributed by atoms with Gasteiger partial charge in [0.2, 0.25) is 5.91 Å². The van der Waals surface area contributed by atoms with E-state index in [1.165, 1.54) is 29.8 Å². The van der Waals surface area contributed by atoms with Gasteiger partial charge in [-0.15, -0.1) is 0 Å². The van der Waals surface area contributed by atoms with Gasteiger partial charge in [0.25, 0.3) is 0 Å². The van der Waals surface area contributed by atoms with Crippen molar-refractivity contribution >= 4 is 40.4 Å². The molecule has 1 N–H and O–H groups in total. The number of nitrogens with zero attached hydrogens (tertiary/aromatic N) is 4. The molecule has 2 amide bonds. The topological polar surface area (TPSA) is 116 Å². The van der Waals surface area contributed by atoms with E-state index in [-0.39, 0.29) is 18.1 Å². The van der Waals surface area contributed by atoms with Crippen LogP contribution in [0.1, 0.15) is 43.7 Å². The molecular formula is C23H27N5O5. The molecule has 0 saturated carbocycles. The summed E-state index contributed by atoms with van der Waals surface area (Å²) in [6.07, 6.45) is 0.857. The van der Waals surface area contributed by atoms with E-state index in [0.29, 0.717) is 17.0 Å². The third-order valence-corrected chi connectivity index (χ3v) is 4.70. The summed E-state index contributed by atoms with van der Waals surface area (Å²) >= 11 is 0. The molecular weight excluding hydrogens is 426 g/mol. The minimum Gasteiger partial charge on any atom is -0.464 e. The summed E-state index contributed by atoms with van der Waals surface area (Å²) in [6.45, 7) is 6.94. The SMILES string of the molecule is COC(=O)c1c(N(Cc2ccc3ccc(NC(=O)OC(C)(C)C)nc3c2)C(C)=O)cnn1C. The Morgan fingerprint density at radius 1 is 1.15 bits per heavy atom.